The van der Waals surface area contributed by atoms with Crippen LogP contribution in [0.4, 0.5) is 11.8 Å². The fraction of sp³-hybridized carbons (Fsp3) is 0.364. The highest BCUT2D eigenvalue weighted by molar-refractivity contribution is 5.84. The minimum Gasteiger partial charge on any atom is -0.357 e. The molecule has 3 aromatic heterocycles. The van der Waals surface area contributed by atoms with Gasteiger partial charge in [0.1, 0.15) is 11.8 Å². The van der Waals surface area contributed by atoms with Crippen molar-refractivity contribution in [2.75, 3.05) is 23.8 Å². The number of hydrogen-bond donors (Lipinski definition) is 2. The van der Waals surface area contributed by atoms with Crippen LogP contribution in [-0.2, 0) is 13.1 Å². The predicted octanol–water partition coefficient (Wildman–Crippen LogP) is 0.00630. The van der Waals surface area contributed by atoms with Gasteiger partial charge in [-0.1, -0.05) is 0 Å². The number of nitrogens with zero attached hydrogens (tertiary/aromatic N) is 7. The molecule has 9 heteroatoms. The zero-order valence-corrected chi connectivity index (χ0v) is 10.9. The summed E-state index contributed by atoms with van der Waals surface area (Å²) >= 11 is 0. The average molecular weight is 271 g/mol. The van der Waals surface area contributed by atoms with Gasteiger partial charge in [-0.3, -0.25) is 0 Å². The Hall–Kier alpha value is -2.71. The molecule has 0 saturated carbocycles. The van der Waals surface area contributed by atoms with Gasteiger partial charge in [-0.15, -0.1) is 10.2 Å². The molecule has 0 spiro atoms. The maximum atomic E-state index is 4.55. The second-order valence-corrected chi connectivity index (χ2v) is 4.58. The first-order valence-corrected chi connectivity index (χ1v) is 6.35. The third-order valence-electron chi connectivity index (χ3n) is 3.43. The van der Waals surface area contributed by atoms with Gasteiger partial charge in [0.2, 0.25) is 5.95 Å². The molecule has 4 rings (SSSR count). The highest BCUT2D eigenvalue weighted by Gasteiger charge is 2.22. The summed E-state index contributed by atoms with van der Waals surface area (Å²) in [5.74, 6) is 2.34. The van der Waals surface area contributed by atoms with E-state index in [1.165, 1.54) is 0 Å². The lowest BCUT2D eigenvalue weighted by atomic mass is 10.3. The molecule has 0 fully saturated rings. The molecule has 1 aliphatic heterocycles. The molecule has 2 N–H and O–H groups in total. The van der Waals surface area contributed by atoms with Crippen molar-refractivity contribution in [3.8, 4) is 0 Å². The molecule has 0 radical (unpaired) electrons. The van der Waals surface area contributed by atoms with E-state index >= 15 is 0 Å². The van der Waals surface area contributed by atoms with Crippen LogP contribution in [0.25, 0.3) is 11.2 Å². The van der Waals surface area contributed by atoms with Crippen molar-refractivity contribution in [1.82, 2.24) is 34.7 Å². The van der Waals surface area contributed by atoms with Crippen LogP contribution in [0.3, 0.4) is 0 Å². The van der Waals surface area contributed by atoms with Gasteiger partial charge < -0.3 is 19.8 Å². The van der Waals surface area contributed by atoms with Gasteiger partial charge in [0.05, 0.1) is 12.9 Å². The van der Waals surface area contributed by atoms with Crippen molar-refractivity contribution in [2.45, 2.75) is 13.1 Å². The number of hydrogen-bond acceptors (Lipinski definition) is 7. The van der Waals surface area contributed by atoms with E-state index in [-0.39, 0.29) is 0 Å². The molecule has 0 aliphatic carbocycles. The first kappa shape index (κ1) is 11.1. The van der Waals surface area contributed by atoms with E-state index in [0.717, 1.165) is 30.2 Å². The fourth-order valence-electron chi connectivity index (χ4n) is 2.41. The molecule has 102 valence electrons. The number of anilines is 2. The van der Waals surface area contributed by atoms with Gasteiger partial charge in [-0.2, -0.15) is 9.97 Å². The third kappa shape index (κ3) is 1.59. The number of nitrogens with one attached hydrogen (secondary N) is 2. The molecule has 0 bridgehead atoms. The van der Waals surface area contributed by atoms with Crippen LogP contribution < -0.4 is 10.2 Å². The quantitative estimate of drug-likeness (QED) is 0.677. The van der Waals surface area contributed by atoms with Gasteiger partial charge in [-0.25, -0.2) is 4.98 Å². The second-order valence-electron chi connectivity index (χ2n) is 4.58. The van der Waals surface area contributed by atoms with Crippen molar-refractivity contribution < 1.29 is 0 Å². The van der Waals surface area contributed by atoms with E-state index in [1.807, 2.05) is 0 Å². The van der Waals surface area contributed by atoms with Crippen LogP contribution in [0.1, 0.15) is 5.82 Å². The van der Waals surface area contributed by atoms with E-state index in [4.69, 9.17) is 0 Å². The molecular formula is C11H13N9. The van der Waals surface area contributed by atoms with Gasteiger partial charge in [0, 0.05) is 20.1 Å². The summed E-state index contributed by atoms with van der Waals surface area (Å²) < 4.78 is 2.06. The largest absolute Gasteiger partial charge is 0.357 e. The molecular weight excluding hydrogens is 258 g/mol. The smallest absolute Gasteiger partial charge is 0.226 e. The number of rotatable bonds is 2. The Morgan fingerprint density at radius 2 is 2.25 bits per heavy atom. The zero-order valence-electron chi connectivity index (χ0n) is 10.9. The number of aromatic amines is 1. The standard InChI is InChI=1S/C11H13N9/c1-12-11-16-9-8(13-5-14-9)10(17-11)19-2-3-20-6-15-18-7(20)4-19/h5-6H,2-4H2,1H3,(H2,12,13,14,16,17). The molecule has 0 atom stereocenters. The van der Waals surface area contributed by atoms with Crippen molar-refractivity contribution in [3.05, 3.63) is 18.5 Å². The van der Waals surface area contributed by atoms with E-state index in [9.17, 15) is 0 Å². The minimum atomic E-state index is 0.562. The van der Waals surface area contributed by atoms with Gasteiger partial charge >= 0.3 is 0 Å². The van der Waals surface area contributed by atoms with Crippen molar-refractivity contribution >= 4 is 22.9 Å². The number of H-pyrrole nitrogens is 1. The summed E-state index contributed by atoms with van der Waals surface area (Å²) in [7, 11) is 1.80. The molecule has 3 aromatic rings. The Morgan fingerprint density at radius 3 is 3.15 bits per heavy atom. The number of imidazole rings is 1. The maximum absolute atomic E-state index is 4.55. The number of aromatic nitrogens is 7. The molecule has 20 heavy (non-hydrogen) atoms. The molecule has 0 unspecified atom stereocenters. The fourth-order valence-corrected chi connectivity index (χ4v) is 2.41. The molecule has 0 amide bonds. The van der Waals surface area contributed by atoms with E-state index in [2.05, 4.69) is 44.9 Å². The van der Waals surface area contributed by atoms with Gasteiger partial charge in [0.15, 0.2) is 17.3 Å². The van der Waals surface area contributed by atoms with Crippen molar-refractivity contribution in [2.24, 2.45) is 0 Å². The van der Waals surface area contributed by atoms with Gasteiger partial charge in [0.25, 0.3) is 0 Å². The van der Waals surface area contributed by atoms with Crippen LogP contribution in [0.5, 0.6) is 0 Å². The monoisotopic (exact) mass is 271 g/mol. The lowest BCUT2D eigenvalue weighted by molar-refractivity contribution is 0.557. The normalized spacial score (nSPS) is 14.6. The van der Waals surface area contributed by atoms with Crippen LogP contribution >= 0.6 is 0 Å². The van der Waals surface area contributed by atoms with Crippen molar-refractivity contribution in [3.63, 3.8) is 0 Å². The highest BCUT2D eigenvalue weighted by Crippen LogP contribution is 2.25. The lowest BCUT2D eigenvalue weighted by Gasteiger charge is -2.28. The first-order chi connectivity index (χ1) is 9.85. The zero-order chi connectivity index (χ0) is 13.5. The van der Waals surface area contributed by atoms with Crippen LogP contribution in [0.15, 0.2) is 12.7 Å². The average Bonchev–Trinajstić information content (AvgIpc) is 3.13. The summed E-state index contributed by atoms with van der Waals surface area (Å²) in [5, 5.41) is 11.0. The SMILES string of the molecule is CNc1nc(N2CCn3cnnc3C2)c2[nH]cnc2n1. The Morgan fingerprint density at radius 1 is 1.30 bits per heavy atom. The number of fused-ring (bicyclic) bond motifs is 2. The third-order valence-corrected chi connectivity index (χ3v) is 3.43. The van der Waals surface area contributed by atoms with E-state index in [0.29, 0.717) is 18.1 Å². The highest BCUT2D eigenvalue weighted by atomic mass is 15.3. The summed E-state index contributed by atoms with van der Waals surface area (Å²) in [6.45, 7) is 2.37. The minimum absolute atomic E-state index is 0.562. The van der Waals surface area contributed by atoms with Crippen LogP contribution in [0.2, 0.25) is 0 Å². The Labute approximate surface area is 114 Å². The van der Waals surface area contributed by atoms with E-state index in [1.54, 1.807) is 19.7 Å². The Kier molecular flexibility index (Phi) is 2.31. The summed E-state index contributed by atoms with van der Waals surface area (Å²) in [4.78, 5) is 18.3. The molecule has 1 aliphatic rings. The Bertz CT molecular complexity index is 758. The molecule has 0 saturated heterocycles. The summed E-state index contributed by atoms with van der Waals surface area (Å²) in [6.07, 6.45) is 3.40. The van der Waals surface area contributed by atoms with Gasteiger partial charge in [-0.05, 0) is 0 Å². The van der Waals surface area contributed by atoms with Crippen molar-refractivity contribution in [1.29, 1.82) is 0 Å². The Balaban J connectivity index is 1.80. The van der Waals surface area contributed by atoms with Crippen LogP contribution in [0, 0.1) is 0 Å². The second kappa shape index (κ2) is 4.15. The molecule has 4 heterocycles. The topological polar surface area (TPSA) is 100 Å². The lowest BCUT2D eigenvalue weighted by Crippen LogP contribution is -2.34. The maximum Gasteiger partial charge on any atom is 0.226 e. The first-order valence-electron chi connectivity index (χ1n) is 6.35. The summed E-state index contributed by atoms with van der Waals surface area (Å²) in [6, 6.07) is 0. The predicted molar refractivity (Wildman–Crippen MR) is 72.3 cm³/mol. The van der Waals surface area contributed by atoms with E-state index < -0.39 is 0 Å². The van der Waals surface area contributed by atoms with Crippen LogP contribution in [-0.4, -0.2) is 48.3 Å². The molecule has 9 nitrogen and oxygen atoms in total. The summed E-state index contributed by atoms with van der Waals surface area (Å²) in [5.41, 5.74) is 1.50. The molecule has 0 aromatic carbocycles.